The minimum atomic E-state index is -0.0479. The Kier molecular flexibility index (Phi) is 6.02. The summed E-state index contributed by atoms with van der Waals surface area (Å²) >= 11 is 0. The van der Waals surface area contributed by atoms with E-state index in [1.54, 1.807) is 7.11 Å². The van der Waals surface area contributed by atoms with E-state index in [1.165, 1.54) is 0 Å². The first-order valence-corrected chi connectivity index (χ1v) is 8.08. The third-order valence-corrected chi connectivity index (χ3v) is 4.54. The van der Waals surface area contributed by atoms with E-state index >= 15 is 0 Å². The molecule has 2 heterocycles. The first kappa shape index (κ1) is 18.5. The average molecular weight is 350 g/mol. The van der Waals surface area contributed by atoms with Crippen LogP contribution in [-0.4, -0.2) is 36.6 Å². The summed E-state index contributed by atoms with van der Waals surface area (Å²) in [6, 6.07) is 8.08. The normalized spacial score (nSPS) is 20.3. The quantitative estimate of drug-likeness (QED) is 0.894. The molecule has 1 aliphatic rings. The number of aryl methyl sites for hydroxylation is 1. The average Bonchev–Trinajstić information content (AvgIpc) is 2.55. The van der Waals surface area contributed by atoms with Crippen molar-refractivity contribution in [3.8, 4) is 5.75 Å². The van der Waals surface area contributed by atoms with Crippen LogP contribution >= 0.6 is 12.4 Å². The number of methoxy groups -OCH3 is 1. The maximum Gasteiger partial charge on any atom is 0.253 e. The molecule has 2 aromatic rings. The van der Waals surface area contributed by atoms with Gasteiger partial charge in [-0.1, -0.05) is 0 Å². The highest BCUT2D eigenvalue weighted by molar-refractivity contribution is 5.99. The molecule has 1 fully saturated rings. The topological polar surface area (TPSA) is 63.2 Å². The molecular weight excluding hydrogens is 326 g/mol. The summed E-state index contributed by atoms with van der Waals surface area (Å²) in [5, 5.41) is 7.49. The molecule has 3 rings (SSSR count). The van der Waals surface area contributed by atoms with Gasteiger partial charge in [0.2, 0.25) is 0 Å². The summed E-state index contributed by atoms with van der Waals surface area (Å²) in [4.78, 5) is 17.2. The molecule has 1 aliphatic heterocycles. The lowest BCUT2D eigenvalue weighted by Gasteiger charge is -2.30. The molecule has 5 nitrogen and oxygen atoms in total. The molecule has 1 aromatic carbocycles. The van der Waals surface area contributed by atoms with Crippen molar-refractivity contribution in [3.63, 3.8) is 0 Å². The van der Waals surface area contributed by atoms with E-state index in [0.29, 0.717) is 11.6 Å². The van der Waals surface area contributed by atoms with Crippen LogP contribution in [0.3, 0.4) is 0 Å². The maximum absolute atomic E-state index is 12.6. The van der Waals surface area contributed by atoms with Crippen molar-refractivity contribution in [2.24, 2.45) is 0 Å². The van der Waals surface area contributed by atoms with Gasteiger partial charge in [0.05, 0.1) is 23.9 Å². The zero-order valence-corrected chi connectivity index (χ0v) is 15.1. The van der Waals surface area contributed by atoms with Gasteiger partial charge in [-0.25, -0.2) is 0 Å². The third-order valence-electron chi connectivity index (χ3n) is 4.54. The Morgan fingerprint density at radius 3 is 2.88 bits per heavy atom. The molecule has 2 atom stereocenters. The van der Waals surface area contributed by atoms with Gasteiger partial charge in [-0.15, -0.1) is 12.4 Å². The summed E-state index contributed by atoms with van der Waals surface area (Å²) < 4.78 is 5.23. The first-order chi connectivity index (χ1) is 11.1. The van der Waals surface area contributed by atoms with Crippen LogP contribution < -0.4 is 15.4 Å². The number of ether oxygens (including phenoxy) is 1. The first-order valence-electron chi connectivity index (χ1n) is 8.08. The van der Waals surface area contributed by atoms with E-state index in [2.05, 4.69) is 22.5 Å². The maximum atomic E-state index is 12.6. The Balaban J connectivity index is 0.00000208. The standard InChI is InChI=1S/C18H23N3O2.ClH/c1-11-15(18(22)21-16-5-4-8-19-12(16)2)9-13-6-7-14(23-3)10-17(13)20-11;/h6-7,9-10,12,16,19H,4-5,8H2,1-3H3,(H,21,22);1H. The van der Waals surface area contributed by atoms with Crippen LogP contribution in [0.5, 0.6) is 5.75 Å². The molecule has 1 aromatic heterocycles. The van der Waals surface area contributed by atoms with Gasteiger partial charge in [0.1, 0.15) is 5.75 Å². The Bertz CT molecular complexity index is 736. The van der Waals surface area contributed by atoms with E-state index in [9.17, 15) is 4.79 Å². The molecule has 0 spiro atoms. The highest BCUT2D eigenvalue weighted by atomic mass is 35.5. The largest absolute Gasteiger partial charge is 0.497 e. The fourth-order valence-electron chi connectivity index (χ4n) is 3.09. The Labute approximate surface area is 148 Å². The van der Waals surface area contributed by atoms with E-state index in [0.717, 1.165) is 41.7 Å². The van der Waals surface area contributed by atoms with Crippen LogP contribution in [0.1, 0.15) is 35.8 Å². The van der Waals surface area contributed by atoms with Crippen molar-refractivity contribution in [1.82, 2.24) is 15.6 Å². The highest BCUT2D eigenvalue weighted by Gasteiger charge is 2.23. The molecule has 1 saturated heterocycles. The molecule has 0 saturated carbocycles. The minimum Gasteiger partial charge on any atom is -0.497 e. The SMILES string of the molecule is COc1ccc2cc(C(=O)NC3CCCNC3C)c(C)nc2c1.Cl. The van der Waals surface area contributed by atoms with Gasteiger partial charge >= 0.3 is 0 Å². The predicted octanol–water partition coefficient (Wildman–Crippen LogP) is 2.84. The van der Waals surface area contributed by atoms with Crippen LogP contribution in [0.2, 0.25) is 0 Å². The summed E-state index contributed by atoms with van der Waals surface area (Å²) in [6.07, 6.45) is 2.10. The van der Waals surface area contributed by atoms with Gasteiger partial charge in [-0.2, -0.15) is 0 Å². The number of hydrogen-bond acceptors (Lipinski definition) is 4. The van der Waals surface area contributed by atoms with Crippen LogP contribution in [0.4, 0.5) is 0 Å². The van der Waals surface area contributed by atoms with Gasteiger partial charge in [0.25, 0.3) is 5.91 Å². The number of carbonyl (C=O) groups excluding carboxylic acids is 1. The lowest BCUT2D eigenvalue weighted by Crippen LogP contribution is -2.52. The van der Waals surface area contributed by atoms with Crippen LogP contribution in [-0.2, 0) is 0 Å². The second-order valence-electron chi connectivity index (χ2n) is 6.14. The van der Waals surface area contributed by atoms with Crippen molar-refractivity contribution >= 4 is 29.2 Å². The minimum absolute atomic E-state index is 0. The zero-order chi connectivity index (χ0) is 16.4. The number of amides is 1. The number of hydrogen-bond donors (Lipinski definition) is 2. The second-order valence-corrected chi connectivity index (χ2v) is 6.14. The highest BCUT2D eigenvalue weighted by Crippen LogP contribution is 2.22. The van der Waals surface area contributed by atoms with Gasteiger partial charge in [-0.3, -0.25) is 9.78 Å². The van der Waals surface area contributed by atoms with Crippen molar-refractivity contribution in [2.45, 2.75) is 38.8 Å². The van der Waals surface area contributed by atoms with Crippen LogP contribution in [0.15, 0.2) is 24.3 Å². The molecule has 2 unspecified atom stereocenters. The second kappa shape index (κ2) is 7.81. The Hall–Kier alpha value is -1.85. The fourth-order valence-corrected chi connectivity index (χ4v) is 3.09. The summed E-state index contributed by atoms with van der Waals surface area (Å²) in [5.74, 6) is 0.719. The molecule has 6 heteroatoms. The number of piperidine rings is 1. The molecule has 0 aliphatic carbocycles. The number of fused-ring (bicyclic) bond motifs is 1. The van der Waals surface area contributed by atoms with Gasteiger partial charge < -0.3 is 15.4 Å². The molecule has 0 bridgehead atoms. The number of aromatic nitrogens is 1. The molecule has 2 N–H and O–H groups in total. The molecule has 130 valence electrons. The number of nitrogens with one attached hydrogen (secondary N) is 2. The van der Waals surface area contributed by atoms with Crippen LogP contribution in [0, 0.1) is 6.92 Å². The van der Waals surface area contributed by atoms with Gasteiger partial charge in [-0.05, 0) is 51.4 Å². The number of pyridine rings is 1. The van der Waals surface area contributed by atoms with Crippen molar-refractivity contribution in [1.29, 1.82) is 0 Å². The van der Waals surface area contributed by atoms with E-state index in [-0.39, 0.29) is 24.4 Å². The predicted molar refractivity (Wildman–Crippen MR) is 98.2 cm³/mol. The van der Waals surface area contributed by atoms with E-state index < -0.39 is 0 Å². The van der Waals surface area contributed by atoms with E-state index in [1.807, 2.05) is 31.2 Å². The van der Waals surface area contributed by atoms with Crippen molar-refractivity contribution < 1.29 is 9.53 Å². The molecule has 0 radical (unpaired) electrons. The number of carbonyl (C=O) groups is 1. The van der Waals surface area contributed by atoms with Gasteiger partial charge in [0.15, 0.2) is 0 Å². The fraction of sp³-hybridized carbons (Fsp3) is 0.444. The summed E-state index contributed by atoms with van der Waals surface area (Å²) in [7, 11) is 1.63. The van der Waals surface area contributed by atoms with Gasteiger partial charge in [0, 0.05) is 23.5 Å². The Morgan fingerprint density at radius 2 is 2.17 bits per heavy atom. The monoisotopic (exact) mass is 349 g/mol. The number of nitrogens with zero attached hydrogens (tertiary/aromatic N) is 1. The smallest absolute Gasteiger partial charge is 0.253 e. The lowest BCUT2D eigenvalue weighted by atomic mass is 9.99. The van der Waals surface area contributed by atoms with Crippen molar-refractivity contribution in [2.75, 3.05) is 13.7 Å². The molecule has 24 heavy (non-hydrogen) atoms. The van der Waals surface area contributed by atoms with E-state index in [4.69, 9.17) is 4.74 Å². The lowest BCUT2D eigenvalue weighted by molar-refractivity contribution is 0.0919. The summed E-state index contributed by atoms with van der Waals surface area (Å²) in [5.41, 5.74) is 2.21. The number of halogens is 1. The molecular formula is C18H24ClN3O2. The molecule has 1 amide bonds. The Morgan fingerprint density at radius 1 is 1.38 bits per heavy atom. The van der Waals surface area contributed by atoms with Crippen molar-refractivity contribution in [3.05, 3.63) is 35.5 Å². The number of rotatable bonds is 3. The third kappa shape index (κ3) is 3.79. The van der Waals surface area contributed by atoms with Crippen LogP contribution in [0.25, 0.3) is 10.9 Å². The summed E-state index contributed by atoms with van der Waals surface area (Å²) in [6.45, 7) is 5.00. The number of benzene rings is 1. The zero-order valence-electron chi connectivity index (χ0n) is 14.3.